The van der Waals surface area contributed by atoms with Gasteiger partial charge in [-0.3, -0.25) is 4.79 Å². The Morgan fingerprint density at radius 2 is 2.25 bits per heavy atom. The second kappa shape index (κ2) is 6.38. The monoisotopic (exact) mass is 290 g/mol. The summed E-state index contributed by atoms with van der Waals surface area (Å²) in [5.74, 6) is -0.113. The Labute approximate surface area is 122 Å². The number of hydrogen-bond acceptors (Lipinski definition) is 5. The number of nitrogens with one attached hydrogen (secondary N) is 1. The first-order valence-electron chi connectivity index (χ1n) is 6.31. The minimum atomic E-state index is -0.113. The summed E-state index contributed by atoms with van der Waals surface area (Å²) in [6, 6.07) is 5.35. The fraction of sp³-hybridized carbons (Fsp3) is 0.286. The van der Waals surface area contributed by atoms with Gasteiger partial charge in [0, 0.05) is 50.0 Å². The lowest BCUT2D eigenvalue weighted by Gasteiger charge is -2.17. The van der Waals surface area contributed by atoms with E-state index in [4.69, 9.17) is 5.73 Å². The Balaban J connectivity index is 2.03. The molecule has 0 fully saturated rings. The Bertz CT molecular complexity index is 581. The quantitative estimate of drug-likeness (QED) is 0.823. The Kier molecular flexibility index (Phi) is 4.57. The minimum Gasteiger partial charge on any atom is -0.399 e. The first-order chi connectivity index (χ1) is 9.58. The van der Waals surface area contributed by atoms with Crippen molar-refractivity contribution in [3.63, 3.8) is 0 Å². The lowest BCUT2D eigenvalue weighted by atomic mass is 10.1. The van der Waals surface area contributed by atoms with Gasteiger partial charge >= 0.3 is 0 Å². The molecule has 1 aromatic heterocycles. The summed E-state index contributed by atoms with van der Waals surface area (Å²) in [5, 5.41) is 5.85. The van der Waals surface area contributed by atoms with Crippen LogP contribution in [0.5, 0.6) is 0 Å². The van der Waals surface area contributed by atoms with E-state index in [1.807, 2.05) is 30.4 Å². The molecule has 0 atom stereocenters. The van der Waals surface area contributed by atoms with Gasteiger partial charge in [0.15, 0.2) is 0 Å². The number of aromatic nitrogens is 1. The highest BCUT2D eigenvalue weighted by atomic mass is 32.1. The van der Waals surface area contributed by atoms with Crippen molar-refractivity contribution in [3.05, 3.63) is 40.3 Å². The number of amides is 1. The van der Waals surface area contributed by atoms with E-state index in [2.05, 4.69) is 10.3 Å². The summed E-state index contributed by atoms with van der Waals surface area (Å²) in [7, 11) is 3.80. The van der Waals surface area contributed by atoms with Crippen LogP contribution in [0.2, 0.25) is 0 Å². The van der Waals surface area contributed by atoms with E-state index in [9.17, 15) is 4.79 Å². The summed E-state index contributed by atoms with van der Waals surface area (Å²) in [4.78, 5) is 18.3. The second-order valence-corrected chi connectivity index (χ2v) is 5.58. The van der Waals surface area contributed by atoms with Gasteiger partial charge in [0.2, 0.25) is 0 Å². The molecule has 0 radical (unpaired) electrons. The van der Waals surface area contributed by atoms with Crippen LogP contribution >= 0.6 is 11.3 Å². The van der Waals surface area contributed by atoms with Gasteiger partial charge in [-0.2, -0.15) is 0 Å². The van der Waals surface area contributed by atoms with Crippen molar-refractivity contribution in [3.8, 4) is 0 Å². The summed E-state index contributed by atoms with van der Waals surface area (Å²) < 4.78 is 0. The molecule has 0 spiro atoms. The second-order valence-electron chi connectivity index (χ2n) is 4.60. The summed E-state index contributed by atoms with van der Waals surface area (Å²) in [6.45, 7) is 0.564. The fourth-order valence-electron chi connectivity index (χ4n) is 1.88. The average molecular weight is 290 g/mol. The molecule has 1 amide bonds. The summed E-state index contributed by atoms with van der Waals surface area (Å²) in [5.41, 5.74) is 7.79. The average Bonchev–Trinajstić information content (AvgIpc) is 2.91. The maximum Gasteiger partial charge on any atom is 0.253 e. The largest absolute Gasteiger partial charge is 0.399 e. The molecule has 0 bridgehead atoms. The summed E-state index contributed by atoms with van der Waals surface area (Å²) in [6.07, 6.45) is 2.51. The molecule has 0 saturated carbocycles. The van der Waals surface area contributed by atoms with Crippen molar-refractivity contribution >= 4 is 28.6 Å². The highest BCUT2D eigenvalue weighted by Gasteiger charge is 2.13. The Morgan fingerprint density at radius 1 is 1.45 bits per heavy atom. The molecule has 1 heterocycles. The molecular formula is C14H18N4OS. The van der Waals surface area contributed by atoms with Crippen LogP contribution in [0.1, 0.15) is 15.4 Å². The summed E-state index contributed by atoms with van der Waals surface area (Å²) >= 11 is 1.59. The zero-order chi connectivity index (χ0) is 14.5. The number of anilines is 2. The van der Waals surface area contributed by atoms with E-state index in [1.165, 1.54) is 0 Å². The van der Waals surface area contributed by atoms with Crippen LogP contribution in [0.15, 0.2) is 29.8 Å². The molecule has 0 aliphatic heterocycles. The number of rotatable bonds is 5. The van der Waals surface area contributed by atoms with E-state index >= 15 is 0 Å². The van der Waals surface area contributed by atoms with E-state index in [-0.39, 0.29) is 5.91 Å². The maximum atomic E-state index is 12.2. The van der Waals surface area contributed by atoms with Crippen LogP contribution in [0.3, 0.4) is 0 Å². The standard InChI is InChI=1S/C14H18N4OS/c1-18(2)12-4-3-10(15)9-11(12)14(19)17-6-5-13-16-7-8-20-13/h3-4,7-9H,5-6,15H2,1-2H3,(H,17,19). The number of thiazole rings is 1. The van der Waals surface area contributed by atoms with Crippen LogP contribution in [-0.4, -0.2) is 31.5 Å². The Hall–Kier alpha value is -2.08. The molecule has 1 aromatic carbocycles. The molecule has 0 aliphatic carbocycles. The van der Waals surface area contributed by atoms with Crippen LogP contribution in [0, 0.1) is 0 Å². The number of nitrogen functional groups attached to an aromatic ring is 1. The van der Waals surface area contributed by atoms with Gasteiger partial charge in [-0.25, -0.2) is 4.98 Å². The van der Waals surface area contributed by atoms with Crippen molar-refractivity contribution < 1.29 is 4.79 Å². The molecule has 106 valence electrons. The van der Waals surface area contributed by atoms with Gasteiger partial charge in [0.05, 0.1) is 10.6 Å². The predicted molar refractivity (Wildman–Crippen MR) is 83.3 cm³/mol. The van der Waals surface area contributed by atoms with Crippen molar-refractivity contribution in [2.45, 2.75) is 6.42 Å². The van der Waals surface area contributed by atoms with Crippen molar-refractivity contribution in [2.75, 3.05) is 31.3 Å². The highest BCUT2D eigenvalue weighted by Crippen LogP contribution is 2.21. The van der Waals surface area contributed by atoms with Crippen molar-refractivity contribution in [1.29, 1.82) is 0 Å². The zero-order valence-corrected chi connectivity index (χ0v) is 12.4. The van der Waals surface area contributed by atoms with E-state index in [0.29, 0.717) is 17.8 Å². The van der Waals surface area contributed by atoms with Crippen molar-refractivity contribution in [2.24, 2.45) is 0 Å². The van der Waals surface area contributed by atoms with Crippen LogP contribution in [-0.2, 0) is 6.42 Å². The lowest BCUT2D eigenvalue weighted by molar-refractivity contribution is 0.0954. The lowest BCUT2D eigenvalue weighted by Crippen LogP contribution is -2.27. The van der Waals surface area contributed by atoms with Gasteiger partial charge in [-0.05, 0) is 18.2 Å². The molecule has 0 aliphatic rings. The topological polar surface area (TPSA) is 71.2 Å². The molecule has 6 heteroatoms. The molecule has 2 rings (SSSR count). The van der Waals surface area contributed by atoms with Crippen LogP contribution in [0.4, 0.5) is 11.4 Å². The molecule has 0 saturated heterocycles. The highest BCUT2D eigenvalue weighted by molar-refractivity contribution is 7.09. The van der Waals surface area contributed by atoms with Crippen LogP contribution in [0.25, 0.3) is 0 Å². The first-order valence-corrected chi connectivity index (χ1v) is 7.19. The fourth-order valence-corrected chi connectivity index (χ4v) is 2.50. The number of nitrogens with zero attached hydrogens (tertiary/aromatic N) is 2. The number of carbonyl (C=O) groups excluding carboxylic acids is 1. The molecule has 0 unspecified atom stereocenters. The Morgan fingerprint density at radius 3 is 2.90 bits per heavy atom. The van der Waals surface area contributed by atoms with Gasteiger partial charge in [-0.15, -0.1) is 11.3 Å². The molecule has 20 heavy (non-hydrogen) atoms. The third-order valence-corrected chi connectivity index (χ3v) is 3.69. The number of carbonyl (C=O) groups is 1. The number of hydrogen-bond donors (Lipinski definition) is 2. The first kappa shape index (κ1) is 14.3. The molecule has 3 N–H and O–H groups in total. The maximum absolute atomic E-state index is 12.2. The normalized spacial score (nSPS) is 10.3. The van der Waals surface area contributed by atoms with Gasteiger partial charge in [0.25, 0.3) is 5.91 Å². The molecule has 2 aromatic rings. The van der Waals surface area contributed by atoms with Gasteiger partial charge in [0.1, 0.15) is 0 Å². The third kappa shape index (κ3) is 3.48. The zero-order valence-electron chi connectivity index (χ0n) is 11.6. The van der Waals surface area contributed by atoms with Crippen molar-refractivity contribution in [1.82, 2.24) is 10.3 Å². The molecule has 5 nitrogen and oxygen atoms in total. The van der Waals surface area contributed by atoms with E-state index in [1.54, 1.807) is 29.7 Å². The number of benzene rings is 1. The van der Waals surface area contributed by atoms with Gasteiger partial charge in [-0.1, -0.05) is 0 Å². The molecular weight excluding hydrogens is 272 g/mol. The third-order valence-electron chi connectivity index (χ3n) is 2.85. The van der Waals surface area contributed by atoms with E-state index < -0.39 is 0 Å². The van der Waals surface area contributed by atoms with Crippen LogP contribution < -0.4 is 16.0 Å². The predicted octanol–water partition coefficient (Wildman–Crippen LogP) is 1.76. The smallest absolute Gasteiger partial charge is 0.253 e. The minimum absolute atomic E-state index is 0.113. The number of nitrogens with two attached hydrogens (primary N) is 1. The SMILES string of the molecule is CN(C)c1ccc(N)cc1C(=O)NCCc1nccs1. The van der Waals surface area contributed by atoms with E-state index in [0.717, 1.165) is 17.1 Å². The van der Waals surface area contributed by atoms with Gasteiger partial charge < -0.3 is 16.0 Å².